The summed E-state index contributed by atoms with van der Waals surface area (Å²) in [6.07, 6.45) is 0. The number of anilines is 2. The van der Waals surface area contributed by atoms with Crippen LogP contribution in [-0.4, -0.2) is 19.1 Å². The molecule has 0 saturated carbocycles. The molecule has 2 aromatic carbocycles. The van der Waals surface area contributed by atoms with E-state index in [0.717, 1.165) is 5.69 Å². The van der Waals surface area contributed by atoms with E-state index in [9.17, 15) is 4.79 Å². The smallest absolute Gasteiger partial charge is 0.258 e. The molecule has 1 amide bonds. The molecule has 0 saturated heterocycles. The molecule has 0 unspecified atom stereocenters. The fourth-order valence-electron chi connectivity index (χ4n) is 2.18. The lowest BCUT2D eigenvalue weighted by atomic mass is 10.1. The minimum Gasteiger partial charge on any atom is -0.490 e. The maximum absolute atomic E-state index is 12.5. The first-order valence-corrected chi connectivity index (χ1v) is 6.15. The summed E-state index contributed by atoms with van der Waals surface area (Å²) in [5, 5.41) is 0. The number of fused-ring (bicyclic) bond motifs is 1. The van der Waals surface area contributed by atoms with Gasteiger partial charge < -0.3 is 15.4 Å². The van der Waals surface area contributed by atoms with Crippen LogP contribution >= 0.6 is 0 Å². The summed E-state index contributed by atoms with van der Waals surface area (Å²) in [5.74, 6) is 0.667. The second kappa shape index (κ2) is 4.65. The zero-order valence-electron chi connectivity index (χ0n) is 10.4. The van der Waals surface area contributed by atoms with Crippen LogP contribution in [0.2, 0.25) is 0 Å². The number of rotatable bonds is 1. The number of carbonyl (C=O) groups excluding carboxylic acids is 1. The summed E-state index contributed by atoms with van der Waals surface area (Å²) in [5.41, 5.74) is 7.81. The summed E-state index contributed by atoms with van der Waals surface area (Å²) in [6.45, 7) is 1.03. The fourth-order valence-corrected chi connectivity index (χ4v) is 2.18. The minimum atomic E-state index is -0.0317. The average Bonchev–Trinajstić information content (AvgIpc) is 2.47. The third-order valence-corrected chi connectivity index (χ3v) is 3.11. The first kappa shape index (κ1) is 11.6. The Kier molecular flexibility index (Phi) is 2.83. The van der Waals surface area contributed by atoms with E-state index in [1.54, 1.807) is 23.1 Å². The molecule has 2 aromatic rings. The van der Waals surface area contributed by atoms with Gasteiger partial charge in [0, 0.05) is 11.3 Å². The maximum atomic E-state index is 12.5. The number of carbonyl (C=O) groups is 1. The van der Waals surface area contributed by atoms with Gasteiger partial charge in [0.05, 0.1) is 12.2 Å². The Morgan fingerprint density at radius 2 is 1.95 bits per heavy atom. The van der Waals surface area contributed by atoms with Crippen LogP contribution < -0.4 is 15.4 Å². The standard InChI is InChI=1S/C15H14N2O2/c16-12-6-7-14-13(10-12)17(8-9-19-14)15(18)11-4-2-1-3-5-11/h1-7,10H,8-9,16H2. The Hall–Kier alpha value is -2.49. The van der Waals surface area contributed by atoms with Gasteiger partial charge in [-0.1, -0.05) is 18.2 Å². The summed E-state index contributed by atoms with van der Waals surface area (Å²) < 4.78 is 5.55. The number of nitrogens with zero attached hydrogens (tertiary/aromatic N) is 1. The number of benzene rings is 2. The Bertz CT molecular complexity index is 611. The highest BCUT2D eigenvalue weighted by molar-refractivity contribution is 6.07. The molecule has 4 heteroatoms. The highest BCUT2D eigenvalue weighted by atomic mass is 16.5. The average molecular weight is 254 g/mol. The zero-order valence-corrected chi connectivity index (χ0v) is 10.4. The lowest BCUT2D eigenvalue weighted by molar-refractivity contribution is 0.0976. The van der Waals surface area contributed by atoms with Crippen molar-refractivity contribution in [2.75, 3.05) is 23.8 Å². The Labute approximate surface area is 111 Å². The maximum Gasteiger partial charge on any atom is 0.258 e. The van der Waals surface area contributed by atoms with Crippen molar-refractivity contribution < 1.29 is 9.53 Å². The molecule has 3 rings (SSSR count). The summed E-state index contributed by atoms with van der Waals surface area (Å²) in [4.78, 5) is 14.2. The van der Waals surface area contributed by atoms with Gasteiger partial charge in [-0.2, -0.15) is 0 Å². The number of nitrogen functional groups attached to an aromatic ring is 1. The van der Waals surface area contributed by atoms with Crippen LogP contribution in [0.4, 0.5) is 11.4 Å². The number of hydrogen-bond donors (Lipinski definition) is 1. The topological polar surface area (TPSA) is 55.6 Å². The molecule has 1 heterocycles. The molecule has 0 atom stereocenters. The highest BCUT2D eigenvalue weighted by Crippen LogP contribution is 2.34. The normalized spacial score (nSPS) is 13.6. The van der Waals surface area contributed by atoms with Gasteiger partial charge in [0.15, 0.2) is 0 Å². The molecule has 1 aliphatic rings. The Morgan fingerprint density at radius 3 is 2.74 bits per heavy atom. The Morgan fingerprint density at radius 1 is 1.16 bits per heavy atom. The molecule has 96 valence electrons. The van der Waals surface area contributed by atoms with Crippen LogP contribution in [0.15, 0.2) is 48.5 Å². The summed E-state index contributed by atoms with van der Waals surface area (Å²) in [6, 6.07) is 14.6. The molecule has 4 nitrogen and oxygen atoms in total. The molecule has 0 fully saturated rings. The molecular formula is C15H14N2O2. The van der Waals surface area contributed by atoms with Crippen LogP contribution in [0, 0.1) is 0 Å². The number of amides is 1. The van der Waals surface area contributed by atoms with Gasteiger partial charge in [0.1, 0.15) is 12.4 Å². The van der Waals surface area contributed by atoms with Crippen molar-refractivity contribution in [1.82, 2.24) is 0 Å². The molecule has 0 aliphatic carbocycles. The van der Waals surface area contributed by atoms with Crippen molar-refractivity contribution in [3.05, 3.63) is 54.1 Å². The number of ether oxygens (including phenoxy) is 1. The molecule has 0 aromatic heterocycles. The van der Waals surface area contributed by atoms with Crippen molar-refractivity contribution >= 4 is 17.3 Å². The highest BCUT2D eigenvalue weighted by Gasteiger charge is 2.24. The quantitative estimate of drug-likeness (QED) is 0.794. The van der Waals surface area contributed by atoms with Gasteiger partial charge in [0.25, 0.3) is 5.91 Å². The van der Waals surface area contributed by atoms with Gasteiger partial charge in [-0.15, -0.1) is 0 Å². The molecule has 0 bridgehead atoms. The van der Waals surface area contributed by atoms with Crippen molar-refractivity contribution in [2.24, 2.45) is 0 Å². The molecule has 1 aliphatic heterocycles. The Balaban J connectivity index is 2.00. The summed E-state index contributed by atoms with van der Waals surface area (Å²) >= 11 is 0. The first-order chi connectivity index (χ1) is 9.25. The van der Waals surface area contributed by atoms with E-state index in [4.69, 9.17) is 10.5 Å². The largest absolute Gasteiger partial charge is 0.490 e. The van der Waals surface area contributed by atoms with E-state index in [2.05, 4.69) is 0 Å². The first-order valence-electron chi connectivity index (χ1n) is 6.15. The molecule has 2 N–H and O–H groups in total. The van der Waals surface area contributed by atoms with Crippen LogP contribution in [0.3, 0.4) is 0 Å². The zero-order chi connectivity index (χ0) is 13.2. The third-order valence-electron chi connectivity index (χ3n) is 3.11. The van der Waals surface area contributed by atoms with Crippen molar-refractivity contribution in [3.8, 4) is 5.75 Å². The second-order valence-corrected chi connectivity index (χ2v) is 4.40. The molecule has 0 radical (unpaired) electrons. The van der Waals surface area contributed by atoms with Gasteiger partial charge in [-0.05, 0) is 30.3 Å². The van der Waals surface area contributed by atoms with Gasteiger partial charge in [-0.3, -0.25) is 4.79 Å². The van der Waals surface area contributed by atoms with E-state index in [0.29, 0.717) is 30.2 Å². The van der Waals surface area contributed by atoms with Crippen LogP contribution in [0.1, 0.15) is 10.4 Å². The fraction of sp³-hybridized carbons (Fsp3) is 0.133. The predicted octanol–water partition coefficient (Wildman–Crippen LogP) is 2.31. The minimum absolute atomic E-state index is 0.0317. The predicted molar refractivity (Wildman–Crippen MR) is 74.5 cm³/mol. The lowest BCUT2D eigenvalue weighted by Gasteiger charge is -2.29. The van der Waals surface area contributed by atoms with E-state index in [1.807, 2.05) is 30.3 Å². The summed E-state index contributed by atoms with van der Waals surface area (Å²) in [7, 11) is 0. The van der Waals surface area contributed by atoms with E-state index in [1.165, 1.54) is 0 Å². The number of hydrogen-bond acceptors (Lipinski definition) is 3. The van der Waals surface area contributed by atoms with Gasteiger partial charge in [0.2, 0.25) is 0 Å². The van der Waals surface area contributed by atoms with E-state index in [-0.39, 0.29) is 5.91 Å². The lowest BCUT2D eigenvalue weighted by Crippen LogP contribution is -2.38. The number of nitrogens with two attached hydrogens (primary N) is 1. The van der Waals surface area contributed by atoms with Crippen molar-refractivity contribution in [1.29, 1.82) is 0 Å². The second-order valence-electron chi connectivity index (χ2n) is 4.40. The van der Waals surface area contributed by atoms with E-state index < -0.39 is 0 Å². The third kappa shape index (κ3) is 2.12. The molecular weight excluding hydrogens is 240 g/mol. The SMILES string of the molecule is Nc1ccc2c(c1)N(C(=O)c1ccccc1)CCO2. The monoisotopic (exact) mass is 254 g/mol. The van der Waals surface area contributed by atoms with Crippen LogP contribution in [0.5, 0.6) is 5.75 Å². The van der Waals surface area contributed by atoms with E-state index >= 15 is 0 Å². The van der Waals surface area contributed by atoms with Gasteiger partial charge >= 0.3 is 0 Å². The van der Waals surface area contributed by atoms with Crippen molar-refractivity contribution in [3.63, 3.8) is 0 Å². The van der Waals surface area contributed by atoms with Gasteiger partial charge in [-0.25, -0.2) is 0 Å². The molecule has 19 heavy (non-hydrogen) atoms. The molecule has 0 spiro atoms. The van der Waals surface area contributed by atoms with Crippen LogP contribution in [-0.2, 0) is 0 Å². The van der Waals surface area contributed by atoms with Crippen LogP contribution in [0.25, 0.3) is 0 Å². The van der Waals surface area contributed by atoms with Crippen molar-refractivity contribution in [2.45, 2.75) is 0 Å².